The van der Waals surface area contributed by atoms with E-state index in [2.05, 4.69) is 17.6 Å². The van der Waals surface area contributed by atoms with Crippen LogP contribution in [0.5, 0.6) is 5.75 Å². The molecule has 0 unspecified atom stereocenters. The Morgan fingerprint density at radius 2 is 2.24 bits per heavy atom. The Morgan fingerprint density at radius 1 is 1.48 bits per heavy atom. The molecular formula is C16H25ClN2O2. The molecule has 1 aromatic carbocycles. The predicted octanol–water partition coefficient (Wildman–Crippen LogP) is 3.14. The number of aryl methyl sites for hydroxylation is 1. The van der Waals surface area contributed by atoms with Crippen molar-refractivity contribution in [1.82, 2.24) is 5.32 Å². The highest BCUT2D eigenvalue weighted by Gasteiger charge is 2.24. The van der Waals surface area contributed by atoms with Crippen molar-refractivity contribution in [3.05, 3.63) is 23.8 Å². The molecule has 1 saturated heterocycles. The van der Waals surface area contributed by atoms with Crippen molar-refractivity contribution in [1.29, 1.82) is 0 Å². The quantitative estimate of drug-likeness (QED) is 0.898. The molecule has 4 nitrogen and oxygen atoms in total. The Hall–Kier alpha value is -1.26. The Labute approximate surface area is 133 Å². The van der Waals surface area contributed by atoms with E-state index in [1.807, 2.05) is 32.0 Å². The van der Waals surface area contributed by atoms with Gasteiger partial charge in [0, 0.05) is 17.6 Å². The third kappa shape index (κ3) is 4.90. The lowest BCUT2D eigenvalue weighted by Crippen LogP contribution is -2.40. The van der Waals surface area contributed by atoms with E-state index in [9.17, 15) is 4.79 Å². The lowest BCUT2D eigenvalue weighted by Gasteiger charge is -2.27. The second-order valence-corrected chi connectivity index (χ2v) is 5.48. The number of anilines is 1. The van der Waals surface area contributed by atoms with Gasteiger partial charge in [0.2, 0.25) is 5.91 Å². The highest BCUT2D eigenvalue weighted by Crippen LogP contribution is 2.24. The molecule has 2 rings (SSSR count). The summed E-state index contributed by atoms with van der Waals surface area (Å²) >= 11 is 0. The third-order valence-electron chi connectivity index (χ3n) is 3.76. The molecule has 2 atom stereocenters. The average molecular weight is 313 g/mol. The third-order valence-corrected chi connectivity index (χ3v) is 3.76. The summed E-state index contributed by atoms with van der Waals surface area (Å²) in [5, 5.41) is 6.41. The molecule has 21 heavy (non-hydrogen) atoms. The summed E-state index contributed by atoms with van der Waals surface area (Å²) in [4.78, 5) is 12.3. The van der Waals surface area contributed by atoms with Crippen LogP contribution in [0.1, 0.15) is 32.3 Å². The summed E-state index contributed by atoms with van der Waals surface area (Å²) in [6, 6.07) is 6.20. The van der Waals surface area contributed by atoms with Crippen LogP contribution in [-0.2, 0) is 4.79 Å². The molecule has 2 N–H and O–H groups in total. The van der Waals surface area contributed by atoms with E-state index in [1.54, 1.807) is 0 Å². The van der Waals surface area contributed by atoms with Gasteiger partial charge < -0.3 is 15.4 Å². The fourth-order valence-corrected chi connectivity index (χ4v) is 2.64. The van der Waals surface area contributed by atoms with E-state index in [0.717, 1.165) is 36.4 Å². The number of benzene rings is 1. The molecule has 1 aliphatic heterocycles. The van der Waals surface area contributed by atoms with Crippen molar-refractivity contribution in [2.45, 2.75) is 39.7 Å². The lowest BCUT2D eigenvalue weighted by atomic mass is 9.92. The summed E-state index contributed by atoms with van der Waals surface area (Å²) in [6.45, 7) is 7.65. The molecule has 0 saturated carbocycles. The minimum Gasteiger partial charge on any atom is -0.494 e. The molecule has 0 spiro atoms. The Bertz CT molecular complexity index is 479. The van der Waals surface area contributed by atoms with Crippen molar-refractivity contribution in [2.24, 2.45) is 5.92 Å². The highest BCUT2D eigenvalue weighted by molar-refractivity contribution is 5.93. The van der Waals surface area contributed by atoms with Crippen molar-refractivity contribution in [3.63, 3.8) is 0 Å². The molecule has 1 amide bonds. The summed E-state index contributed by atoms with van der Waals surface area (Å²) in [6.07, 6.45) is 1.81. The van der Waals surface area contributed by atoms with Crippen molar-refractivity contribution >= 4 is 24.0 Å². The Kier molecular flexibility index (Phi) is 6.99. The van der Waals surface area contributed by atoms with Gasteiger partial charge in [0.15, 0.2) is 0 Å². The van der Waals surface area contributed by atoms with Gasteiger partial charge >= 0.3 is 0 Å². The number of nitrogens with one attached hydrogen (secondary N) is 2. The summed E-state index contributed by atoms with van der Waals surface area (Å²) in [7, 11) is 0. The SMILES string of the molecule is CCOc1ccc(NC(=O)[C@H]2CCN[C@@H](C)C2)c(C)c1.Cl. The zero-order valence-corrected chi connectivity index (χ0v) is 13.8. The van der Waals surface area contributed by atoms with Gasteiger partial charge in [-0.25, -0.2) is 0 Å². The van der Waals surface area contributed by atoms with Gasteiger partial charge in [-0.1, -0.05) is 0 Å². The van der Waals surface area contributed by atoms with Crippen LogP contribution < -0.4 is 15.4 Å². The minimum atomic E-state index is 0. The molecule has 5 heteroatoms. The summed E-state index contributed by atoms with van der Waals surface area (Å²) in [5.74, 6) is 1.08. The number of hydrogen-bond acceptors (Lipinski definition) is 3. The Balaban J connectivity index is 0.00000220. The van der Waals surface area contributed by atoms with E-state index >= 15 is 0 Å². The van der Waals surface area contributed by atoms with Gasteiger partial charge in [-0.15, -0.1) is 12.4 Å². The normalized spacial score (nSPS) is 21.3. The van der Waals surface area contributed by atoms with E-state index < -0.39 is 0 Å². The second-order valence-electron chi connectivity index (χ2n) is 5.48. The number of amides is 1. The maximum absolute atomic E-state index is 12.3. The molecule has 118 valence electrons. The zero-order chi connectivity index (χ0) is 14.5. The van der Waals surface area contributed by atoms with Crippen molar-refractivity contribution in [3.8, 4) is 5.75 Å². The molecular weight excluding hydrogens is 288 g/mol. The first-order valence-electron chi connectivity index (χ1n) is 7.38. The van der Waals surface area contributed by atoms with Crippen LogP contribution in [0.4, 0.5) is 5.69 Å². The number of ether oxygens (including phenoxy) is 1. The van der Waals surface area contributed by atoms with Crippen LogP contribution in [0.25, 0.3) is 0 Å². The molecule has 1 aliphatic rings. The molecule has 1 aromatic rings. The van der Waals surface area contributed by atoms with Crippen LogP contribution in [0.3, 0.4) is 0 Å². The van der Waals surface area contributed by atoms with Crippen LogP contribution in [0.15, 0.2) is 18.2 Å². The molecule has 0 radical (unpaired) electrons. The molecule has 0 aromatic heterocycles. The summed E-state index contributed by atoms with van der Waals surface area (Å²) in [5.41, 5.74) is 1.91. The predicted molar refractivity (Wildman–Crippen MR) is 88.4 cm³/mol. The van der Waals surface area contributed by atoms with Crippen LogP contribution in [0, 0.1) is 12.8 Å². The molecule has 1 heterocycles. The maximum Gasteiger partial charge on any atom is 0.227 e. The number of halogens is 1. The molecule has 0 bridgehead atoms. The second kappa shape index (κ2) is 8.25. The first-order valence-corrected chi connectivity index (χ1v) is 7.38. The number of rotatable bonds is 4. The van der Waals surface area contributed by atoms with Gasteiger partial charge in [-0.3, -0.25) is 4.79 Å². The summed E-state index contributed by atoms with van der Waals surface area (Å²) < 4.78 is 5.46. The number of hydrogen-bond donors (Lipinski definition) is 2. The lowest BCUT2D eigenvalue weighted by molar-refractivity contribution is -0.120. The fourth-order valence-electron chi connectivity index (χ4n) is 2.64. The average Bonchev–Trinajstić information content (AvgIpc) is 2.42. The van der Waals surface area contributed by atoms with E-state index in [-0.39, 0.29) is 24.2 Å². The maximum atomic E-state index is 12.3. The van der Waals surface area contributed by atoms with Gasteiger partial charge in [-0.05, 0) is 63.9 Å². The highest BCUT2D eigenvalue weighted by atomic mass is 35.5. The Morgan fingerprint density at radius 3 is 2.86 bits per heavy atom. The number of carbonyl (C=O) groups is 1. The van der Waals surface area contributed by atoms with Crippen LogP contribution >= 0.6 is 12.4 Å². The van der Waals surface area contributed by atoms with Gasteiger partial charge in [-0.2, -0.15) is 0 Å². The van der Waals surface area contributed by atoms with E-state index in [4.69, 9.17) is 4.74 Å². The number of carbonyl (C=O) groups excluding carboxylic acids is 1. The molecule has 0 aliphatic carbocycles. The topological polar surface area (TPSA) is 50.4 Å². The smallest absolute Gasteiger partial charge is 0.227 e. The minimum absolute atomic E-state index is 0. The van der Waals surface area contributed by atoms with Crippen LogP contribution in [0.2, 0.25) is 0 Å². The van der Waals surface area contributed by atoms with Crippen molar-refractivity contribution < 1.29 is 9.53 Å². The van der Waals surface area contributed by atoms with E-state index in [1.165, 1.54) is 0 Å². The standard InChI is InChI=1S/C16H24N2O2.ClH/c1-4-20-14-5-6-15(11(2)9-14)18-16(19)13-7-8-17-12(3)10-13;/h5-6,9,12-13,17H,4,7-8,10H2,1-3H3,(H,18,19);1H/t12-,13-;/m0./s1. The first-order chi connectivity index (χ1) is 9.60. The van der Waals surface area contributed by atoms with Gasteiger partial charge in [0.1, 0.15) is 5.75 Å². The van der Waals surface area contributed by atoms with Gasteiger partial charge in [0.25, 0.3) is 0 Å². The first kappa shape index (κ1) is 17.8. The monoisotopic (exact) mass is 312 g/mol. The largest absolute Gasteiger partial charge is 0.494 e. The fraction of sp³-hybridized carbons (Fsp3) is 0.562. The van der Waals surface area contributed by atoms with Crippen LogP contribution in [-0.4, -0.2) is 25.1 Å². The van der Waals surface area contributed by atoms with Crippen molar-refractivity contribution in [2.75, 3.05) is 18.5 Å². The van der Waals surface area contributed by atoms with Gasteiger partial charge in [0.05, 0.1) is 6.61 Å². The number of piperidine rings is 1. The zero-order valence-electron chi connectivity index (χ0n) is 12.9. The molecule has 1 fully saturated rings. The van der Waals surface area contributed by atoms with E-state index in [0.29, 0.717) is 12.6 Å².